The first-order valence-corrected chi connectivity index (χ1v) is 6.61. The Balaban J connectivity index is 1.94. The van der Waals surface area contributed by atoms with Gasteiger partial charge in [-0.2, -0.15) is 0 Å². The fourth-order valence-corrected chi connectivity index (χ4v) is 2.24. The van der Waals surface area contributed by atoms with Crippen molar-refractivity contribution in [3.8, 4) is 11.5 Å². The minimum Gasteiger partial charge on any atom is -0.497 e. The van der Waals surface area contributed by atoms with Gasteiger partial charge in [0.15, 0.2) is 0 Å². The molecule has 0 saturated heterocycles. The smallest absolute Gasteiger partial charge is 0.138 e. The second-order valence-corrected chi connectivity index (χ2v) is 4.73. The predicted molar refractivity (Wildman–Crippen MR) is 79.8 cm³/mol. The van der Waals surface area contributed by atoms with Gasteiger partial charge in [-0.25, -0.2) is 0 Å². The molecule has 0 radical (unpaired) electrons. The fourth-order valence-electron chi connectivity index (χ4n) is 2.24. The molecule has 2 aromatic carbocycles. The molecule has 0 bridgehead atoms. The molecule has 0 unspecified atom stereocenters. The van der Waals surface area contributed by atoms with Gasteiger partial charge < -0.3 is 19.0 Å². The van der Waals surface area contributed by atoms with Crippen LogP contribution in [0.2, 0.25) is 0 Å². The number of benzene rings is 2. The molecule has 4 nitrogen and oxygen atoms in total. The summed E-state index contributed by atoms with van der Waals surface area (Å²) in [4.78, 5) is 0. The number of aliphatic hydroxyl groups excluding tert-OH is 1. The maximum absolute atomic E-state index is 10.4. The van der Waals surface area contributed by atoms with Crippen molar-refractivity contribution >= 4 is 11.0 Å². The van der Waals surface area contributed by atoms with Gasteiger partial charge in [-0.05, 0) is 35.9 Å². The molecule has 0 aliphatic heterocycles. The maximum Gasteiger partial charge on any atom is 0.138 e. The summed E-state index contributed by atoms with van der Waals surface area (Å²) in [6.45, 7) is 0. The Bertz CT molecular complexity index is 743. The van der Waals surface area contributed by atoms with Crippen LogP contribution in [-0.2, 0) is 0 Å². The monoisotopic (exact) mass is 284 g/mol. The molecule has 0 aliphatic carbocycles. The van der Waals surface area contributed by atoms with E-state index in [2.05, 4.69) is 0 Å². The molecule has 1 heterocycles. The number of hydrogen-bond donors (Lipinski definition) is 1. The van der Waals surface area contributed by atoms with Crippen molar-refractivity contribution < 1.29 is 19.0 Å². The van der Waals surface area contributed by atoms with Gasteiger partial charge in [-0.3, -0.25) is 0 Å². The van der Waals surface area contributed by atoms with Crippen LogP contribution in [0.1, 0.15) is 17.4 Å². The van der Waals surface area contributed by atoms with Crippen LogP contribution in [0, 0.1) is 0 Å². The van der Waals surface area contributed by atoms with Gasteiger partial charge in [0.1, 0.15) is 28.9 Å². The lowest BCUT2D eigenvalue weighted by atomic mass is 10.1. The molecule has 0 amide bonds. The van der Waals surface area contributed by atoms with Crippen molar-refractivity contribution in [2.75, 3.05) is 14.2 Å². The Kier molecular flexibility index (Phi) is 3.54. The van der Waals surface area contributed by atoms with Gasteiger partial charge in [-0.15, -0.1) is 0 Å². The molecule has 1 aromatic heterocycles. The van der Waals surface area contributed by atoms with E-state index in [0.29, 0.717) is 11.3 Å². The largest absolute Gasteiger partial charge is 0.497 e. The summed E-state index contributed by atoms with van der Waals surface area (Å²) in [6.07, 6.45) is -0.811. The molecule has 1 N–H and O–H groups in total. The molecule has 21 heavy (non-hydrogen) atoms. The minimum atomic E-state index is -0.811. The van der Waals surface area contributed by atoms with Crippen molar-refractivity contribution in [2.24, 2.45) is 0 Å². The van der Waals surface area contributed by atoms with E-state index in [1.54, 1.807) is 20.3 Å². The highest BCUT2D eigenvalue weighted by Gasteiger charge is 2.16. The first-order valence-electron chi connectivity index (χ1n) is 6.61. The van der Waals surface area contributed by atoms with Crippen LogP contribution in [0.5, 0.6) is 11.5 Å². The number of furan rings is 1. The van der Waals surface area contributed by atoms with Gasteiger partial charge >= 0.3 is 0 Å². The Labute approximate surface area is 122 Å². The Morgan fingerprint density at radius 2 is 1.57 bits per heavy atom. The Hall–Kier alpha value is -2.46. The standard InChI is InChI=1S/C17H16O4/c1-19-13-6-3-11(4-7-13)17(18)16-9-12-5-8-14(20-2)10-15(12)21-16/h3-10,17-18H,1-2H3/t17-/m1/s1. The van der Waals surface area contributed by atoms with E-state index in [9.17, 15) is 5.11 Å². The number of hydrogen-bond acceptors (Lipinski definition) is 4. The highest BCUT2D eigenvalue weighted by molar-refractivity contribution is 5.79. The molecule has 108 valence electrons. The third-order valence-electron chi connectivity index (χ3n) is 3.45. The van der Waals surface area contributed by atoms with Crippen molar-refractivity contribution in [2.45, 2.75) is 6.10 Å². The van der Waals surface area contributed by atoms with Gasteiger partial charge in [0.05, 0.1) is 14.2 Å². The zero-order valence-electron chi connectivity index (χ0n) is 11.9. The lowest BCUT2D eigenvalue weighted by Gasteiger charge is -2.08. The second-order valence-electron chi connectivity index (χ2n) is 4.73. The summed E-state index contributed by atoms with van der Waals surface area (Å²) in [5.41, 5.74) is 1.44. The topological polar surface area (TPSA) is 51.8 Å². The summed E-state index contributed by atoms with van der Waals surface area (Å²) in [6, 6.07) is 14.7. The maximum atomic E-state index is 10.4. The molecule has 1 atom stereocenters. The third-order valence-corrected chi connectivity index (χ3v) is 3.45. The number of methoxy groups -OCH3 is 2. The molecule has 0 saturated carbocycles. The average Bonchev–Trinajstić information content (AvgIpc) is 2.97. The molecule has 0 fully saturated rings. The van der Waals surface area contributed by atoms with Crippen LogP contribution in [0.4, 0.5) is 0 Å². The number of fused-ring (bicyclic) bond motifs is 1. The van der Waals surface area contributed by atoms with Gasteiger partial charge in [-0.1, -0.05) is 12.1 Å². The molecular weight excluding hydrogens is 268 g/mol. The molecule has 3 rings (SSSR count). The Morgan fingerprint density at radius 3 is 2.24 bits per heavy atom. The van der Waals surface area contributed by atoms with Crippen LogP contribution in [-0.4, -0.2) is 19.3 Å². The lowest BCUT2D eigenvalue weighted by Crippen LogP contribution is -1.97. The predicted octanol–water partition coefficient (Wildman–Crippen LogP) is 3.53. The van der Waals surface area contributed by atoms with Crippen LogP contribution in [0.15, 0.2) is 52.9 Å². The van der Waals surface area contributed by atoms with E-state index in [1.807, 2.05) is 42.5 Å². The summed E-state index contributed by atoms with van der Waals surface area (Å²) in [7, 11) is 3.22. The van der Waals surface area contributed by atoms with E-state index in [4.69, 9.17) is 13.9 Å². The van der Waals surface area contributed by atoms with Crippen LogP contribution in [0.25, 0.3) is 11.0 Å². The zero-order valence-corrected chi connectivity index (χ0v) is 11.9. The normalized spacial score (nSPS) is 12.3. The summed E-state index contributed by atoms with van der Waals surface area (Å²) in [5, 5.41) is 11.3. The van der Waals surface area contributed by atoms with Crippen molar-refractivity contribution in [3.05, 3.63) is 59.9 Å². The average molecular weight is 284 g/mol. The molecule has 3 aromatic rings. The van der Waals surface area contributed by atoms with Crippen LogP contribution < -0.4 is 9.47 Å². The molecule has 0 aliphatic rings. The first-order chi connectivity index (χ1) is 10.2. The molecular formula is C17H16O4. The number of rotatable bonds is 4. The highest BCUT2D eigenvalue weighted by Crippen LogP contribution is 2.30. The van der Waals surface area contributed by atoms with E-state index in [0.717, 1.165) is 22.4 Å². The molecule has 4 heteroatoms. The summed E-state index contributed by atoms with van der Waals surface area (Å²) >= 11 is 0. The fraction of sp³-hybridized carbons (Fsp3) is 0.176. The van der Waals surface area contributed by atoms with E-state index in [1.165, 1.54) is 0 Å². The second kappa shape index (κ2) is 5.50. The third kappa shape index (κ3) is 2.58. The van der Waals surface area contributed by atoms with E-state index >= 15 is 0 Å². The summed E-state index contributed by atoms with van der Waals surface area (Å²) in [5.74, 6) is 1.98. The van der Waals surface area contributed by atoms with Gasteiger partial charge in [0.2, 0.25) is 0 Å². The Morgan fingerprint density at radius 1 is 0.905 bits per heavy atom. The zero-order chi connectivity index (χ0) is 14.8. The van der Waals surface area contributed by atoms with Crippen LogP contribution in [0.3, 0.4) is 0 Å². The van der Waals surface area contributed by atoms with Crippen LogP contribution >= 0.6 is 0 Å². The number of ether oxygens (including phenoxy) is 2. The minimum absolute atomic E-state index is 0.503. The SMILES string of the molecule is COc1ccc([C@@H](O)c2cc3ccc(OC)cc3o2)cc1. The van der Waals surface area contributed by atoms with Gasteiger partial charge in [0.25, 0.3) is 0 Å². The number of aliphatic hydroxyl groups is 1. The van der Waals surface area contributed by atoms with Crippen molar-refractivity contribution in [3.63, 3.8) is 0 Å². The van der Waals surface area contributed by atoms with Crippen molar-refractivity contribution in [1.82, 2.24) is 0 Å². The van der Waals surface area contributed by atoms with Crippen molar-refractivity contribution in [1.29, 1.82) is 0 Å². The van der Waals surface area contributed by atoms with Gasteiger partial charge in [0, 0.05) is 11.5 Å². The molecule has 0 spiro atoms. The highest BCUT2D eigenvalue weighted by atomic mass is 16.5. The lowest BCUT2D eigenvalue weighted by molar-refractivity contribution is 0.192. The van der Waals surface area contributed by atoms with E-state index < -0.39 is 6.10 Å². The first kappa shape index (κ1) is 13.5. The quantitative estimate of drug-likeness (QED) is 0.796. The van der Waals surface area contributed by atoms with E-state index in [-0.39, 0.29) is 0 Å². The summed E-state index contributed by atoms with van der Waals surface area (Å²) < 4.78 is 16.0.